The number of thiazole rings is 1. The molecule has 7 rings (SSSR count). The van der Waals surface area contributed by atoms with Gasteiger partial charge in [0.05, 0.1) is 18.6 Å². The van der Waals surface area contributed by atoms with Crippen LogP contribution in [-0.2, 0) is 17.7 Å². The molecule has 0 saturated carbocycles. The fraction of sp³-hybridized carbons (Fsp3) is 0.312. The van der Waals surface area contributed by atoms with E-state index in [-0.39, 0.29) is 11.4 Å². The molecule has 3 aliphatic rings. The highest BCUT2D eigenvalue weighted by Crippen LogP contribution is 2.35. The second-order valence-corrected chi connectivity index (χ2v) is 12.9. The third-order valence-electron chi connectivity index (χ3n) is 7.96. The molecule has 2 aromatic carbocycles. The summed E-state index contributed by atoms with van der Waals surface area (Å²) < 4.78 is 17.4. The van der Waals surface area contributed by atoms with Crippen LogP contribution >= 0.6 is 34.5 Å². The van der Waals surface area contributed by atoms with Crippen LogP contribution in [0.5, 0.6) is 16.7 Å². The number of nitrogens with one attached hydrogen (secondary N) is 1. The van der Waals surface area contributed by atoms with Gasteiger partial charge in [-0.15, -0.1) is 11.6 Å². The number of hydrogen-bond donors (Lipinski definition) is 1. The number of ether oxygens (including phenoxy) is 3. The Labute approximate surface area is 263 Å². The van der Waals surface area contributed by atoms with E-state index in [4.69, 9.17) is 37.4 Å². The zero-order valence-corrected chi connectivity index (χ0v) is 25.6. The molecule has 0 spiro atoms. The first-order valence-corrected chi connectivity index (χ1v) is 16.0. The summed E-state index contributed by atoms with van der Waals surface area (Å²) >= 11 is 14.1. The van der Waals surface area contributed by atoms with Crippen molar-refractivity contribution in [3.05, 3.63) is 92.0 Å². The maximum absolute atomic E-state index is 13.6. The molecule has 2 atom stereocenters. The average Bonchev–Trinajstić information content (AvgIpc) is 3.62. The summed E-state index contributed by atoms with van der Waals surface area (Å²) in [5, 5.41) is 3.32. The van der Waals surface area contributed by atoms with Crippen molar-refractivity contribution < 1.29 is 19.0 Å². The first kappa shape index (κ1) is 28.4. The Morgan fingerprint density at radius 1 is 1.07 bits per heavy atom. The summed E-state index contributed by atoms with van der Waals surface area (Å²) in [7, 11) is 0. The van der Waals surface area contributed by atoms with E-state index in [0.29, 0.717) is 34.7 Å². The minimum absolute atomic E-state index is 0.0459. The Morgan fingerprint density at radius 3 is 2.63 bits per heavy atom. The van der Waals surface area contributed by atoms with Crippen LogP contribution in [0.4, 0.5) is 4.79 Å². The van der Waals surface area contributed by atoms with Crippen LogP contribution < -0.4 is 20.0 Å². The number of aromatic amines is 1. The number of alkyl halides is 1. The number of fused-ring (bicyclic) bond motifs is 3. The monoisotopic (exact) mass is 636 g/mol. The van der Waals surface area contributed by atoms with Crippen molar-refractivity contribution in [2.75, 3.05) is 32.8 Å². The number of morpholine rings is 1. The Balaban J connectivity index is 1.15. The third-order valence-corrected chi connectivity index (χ3v) is 9.38. The summed E-state index contributed by atoms with van der Waals surface area (Å²) in [4.78, 5) is 26.9. The Morgan fingerprint density at radius 2 is 1.84 bits per heavy atom. The largest absolute Gasteiger partial charge is 0.431 e. The zero-order valence-electron chi connectivity index (χ0n) is 23.3. The molecule has 222 valence electrons. The van der Waals surface area contributed by atoms with Crippen molar-refractivity contribution in [1.29, 1.82) is 0 Å². The summed E-state index contributed by atoms with van der Waals surface area (Å²) in [6, 6.07) is 14.3. The van der Waals surface area contributed by atoms with Gasteiger partial charge in [-0.3, -0.25) is 9.80 Å². The Kier molecular flexibility index (Phi) is 8.16. The quantitative estimate of drug-likeness (QED) is 0.283. The lowest BCUT2D eigenvalue weighted by Gasteiger charge is -2.35. The smallest absolute Gasteiger partial charge is 0.416 e. The molecule has 1 saturated heterocycles. The van der Waals surface area contributed by atoms with Gasteiger partial charge in [-0.1, -0.05) is 47.2 Å². The molecule has 1 unspecified atom stereocenters. The SMILES string of the molecule is O=C(Oc1ccc(Cl)cc1)N1CCc2c([nH]c3c2=CC(Cl)CC=3)[C@@H]1c1ccc(Oc2ncc(CN3CCOCC3)s2)cc1. The van der Waals surface area contributed by atoms with Gasteiger partial charge < -0.3 is 19.2 Å². The number of aromatic nitrogens is 2. The van der Waals surface area contributed by atoms with E-state index in [1.54, 1.807) is 40.5 Å². The van der Waals surface area contributed by atoms with Crippen molar-refractivity contribution in [2.45, 2.75) is 30.8 Å². The third kappa shape index (κ3) is 6.18. The molecule has 4 aromatic rings. The van der Waals surface area contributed by atoms with E-state index in [0.717, 1.165) is 66.0 Å². The van der Waals surface area contributed by atoms with Crippen LogP contribution in [0.25, 0.3) is 12.2 Å². The van der Waals surface area contributed by atoms with E-state index in [9.17, 15) is 4.79 Å². The highest BCUT2D eigenvalue weighted by atomic mass is 35.5. The number of rotatable bonds is 6. The molecule has 1 aliphatic carbocycles. The van der Waals surface area contributed by atoms with Crippen molar-refractivity contribution in [3.8, 4) is 16.7 Å². The number of nitrogens with zero attached hydrogens (tertiary/aromatic N) is 3. The molecule has 1 fully saturated rings. The van der Waals surface area contributed by atoms with E-state index in [2.05, 4.69) is 27.0 Å². The molecule has 0 radical (unpaired) electrons. The minimum Gasteiger partial charge on any atom is -0.431 e. The second-order valence-electron chi connectivity index (χ2n) is 10.8. The van der Waals surface area contributed by atoms with Gasteiger partial charge in [0.2, 0.25) is 0 Å². The van der Waals surface area contributed by atoms with E-state index >= 15 is 0 Å². The molecular weight excluding hydrogens is 607 g/mol. The van der Waals surface area contributed by atoms with Gasteiger partial charge in [0, 0.05) is 58.5 Å². The summed E-state index contributed by atoms with van der Waals surface area (Å²) in [6.45, 7) is 4.72. The van der Waals surface area contributed by atoms with Gasteiger partial charge >= 0.3 is 6.09 Å². The standard InChI is InChI=1S/C32H30Cl2N4O4S/c33-21-3-8-24(9-4-21)42-32(39)38-12-11-26-27-17-22(34)5-10-28(27)36-29(26)30(38)20-1-6-23(7-2-20)41-31-35-18-25(43-31)19-37-13-15-40-16-14-37/h1-4,6-10,17-18,22,30,36H,5,11-16,19H2/t22?,30-/m0/s1. The number of amides is 1. The van der Waals surface area contributed by atoms with E-state index in [1.807, 2.05) is 30.5 Å². The van der Waals surface area contributed by atoms with E-state index in [1.165, 1.54) is 5.56 Å². The minimum atomic E-state index is -0.426. The lowest BCUT2D eigenvalue weighted by molar-refractivity contribution is 0.0346. The fourth-order valence-corrected chi connectivity index (χ4v) is 7.02. The number of carbonyl (C=O) groups excluding carboxylic acids is 1. The van der Waals surface area contributed by atoms with Gasteiger partial charge in [0.15, 0.2) is 0 Å². The molecule has 2 aromatic heterocycles. The van der Waals surface area contributed by atoms with Gasteiger partial charge in [-0.2, -0.15) is 0 Å². The lowest BCUT2D eigenvalue weighted by atomic mass is 9.92. The maximum Gasteiger partial charge on any atom is 0.416 e. The van der Waals surface area contributed by atoms with Crippen molar-refractivity contribution in [3.63, 3.8) is 0 Å². The first-order valence-electron chi connectivity index (χ1n) is 14.3. The summed E-state index contributed by atoms with van der Waals surface area (Å²) in [5.41, 5.74) is 3.10. The number of carbonyl (C=O) groups is 1. The highest BCUT2D eigenvalue weighted by molar-refractivity contribution is 7.13. The predicted octanol–water partition coefficient (Wildman–Crippen LogP) is 5.47. The molecule has 8 nitrogen and oxygen atoms in total. The molecule has 1 N–H and O–H groups in total. The van der Waals surface area contributed by atoms with E-state index < -0.39 is 6.09 Å². The normalized spacial score (nSPS) is 20.0. The summed E-state index contributed by atoms with van der Waals surface area (Å²) in [6.07, 6.45) is 7.16. The predicted molar refractivity (Wildman–Crippen MR) is 168 cm³/mol. The highest BCUT2D eigenvalue weighted by Gasteiger charge is 2.35. The molecule has 0 bridgehead atoms. The number of H-pyrrole nitrogens is 1. The molecule has 1 amide bonds. The molecule has 11 heteroatoms. The van der Waals surface area contributed by atoms with Gasteiger partial charge in [-0.25, -0.2) is 9.78 Å². The molecule has 4 heterocycles. The van der Waals surface area contributed by atoms with Crippen molar-refractivity contribution in [2.24, 2.45) is 0 Å². The lowest BCUT2D eigenvalue weighted by Crippen LogP contribution is -2.43. The topological polar surface area (TPSA) is 79.9 Å². The van der Waals surface area contributed by atoms with Crippen LogP contribution in [0.15, 0.2) is 54.7 Å². The van der Waals surface area contributed by atoms with Crippen LogP contribution in [-0.4, -0.2) is 64.1 Å². The molecule has 43 heavy (non-hydrogen) atoms. The van der Waals surface area contributed by atoms with Crippen LogP contribution in [0.2, 0.25) is 5.02 Å². The number of hydrogen-bond acceptors (Lipinski definition) is 7. The van der Waals surface area contributed by atoms with Gasteiger partial charge in [0.1, 0.15) is 17.5 Å². The van der Waals surface area contributed by atoms with Crippen LogP contribution in [0.3, 0.4) is 0 Å². The zero-order chi connectivity index (χ0) is 29.3. The first-order chi connectivity index (χ1) is 21.0. The fourth-order valence-electron chi connectivity index (χ4n) is 5.86. The molecular formula is C32H30Cl2N4O4S. The Bertz CT molecular complexity index is 1730. The second kappa shape index (κ2) is 12.3. The van der Waals surface area contributed by atoms with Crippen LogP contribution in [0, 0.1) is 0 Å². The average molecular weight is 638 g/mol. The number of benzene rings is 2. The van der Waals surface area contributed by atoms with Gasteiger partial charge in [0.25, 0.3) is 5.19 Å². The van der Waals surface area contributed by atoms with Gasteiger partial charge in [-0.05, 0) is 60.4 Å². The van der Waals surface area contributed by atoms with Crippen LogP contribution in [0.1, 0.15) is 34.2 Å². The number of halogens is 2. The Hall–Kier alpha value is -3.34. The summed E-state index contributed by atoms with van der Waals surface area (Å²) in [5.74, 6) is 1.12. The molecule has 2 aliphatic heterocycles. The van der Waals surface area contributed by atoms with Crippen molar-refractivity contribution in [1.82, 2.24) is 19.8 Å². The van der Waals surface area contributed by atoms with Crippen molar-refractivity contribution >= 4 is 52.8 Å². The maximum atomic E-state index is 13.6.